The van der Waals surface area contributed by atoms with Crippen LogP contribution in [0.15, 0.2) is 0 Å². The van der Waals surface area contributed by atoms with Crippen LogP contribution in [0.4, 0.5) is 0 Å². The molecule has 0 heterocycles. The van der Waals surface area contributed by atoms with Crippen molar-refractivity contribution < 1.29 is 45.4 Å². The smallest absolute Gasteiger partial charge is 0.542 e. The molecule has 0 amide bonds. The first-order valence-corrected chi connectivity index (χ1v) is 12.2. The number of carbonyl (C=O) groups is 1. The van der Waals surface area contributed by atoms with E-state index in [0.29, 0.717) is 17.5 Å². The van der Waals surface area contributed by atoms with Gasteiger partial charge in [0.2, 0.25) is 0 Å². The van der Waals surface area contributed by atoms with E-state index in [0.717, 1.165) is 12.1 Å². The Balaban J connectivity index is -0.0000000336. The van der Waals surface area contributed by atoms with E-state index in [9.17, 15) is 4.79 Å². The number of ether oxygens (including phenoxy) is 1. The molecule has 0 aliphatic heterocycles. The van der Waals surface area contributed by atoms with Crippen LogP contribution in [0.25, 0.3) is 0 Å². The molecule has 0 radical (unpaired) electrons. The second kappa shape index (κ2) is 54.4. The molecule has 1 unspecified atom stereocenters. The summed E-state index contributed by atoms with van der Waals surface area (Å²) in [6, 6.07) is 0. The summed E-state index contributed by atoms with van der Waals surface area (Å²) in [4.78, 5) is 19.0. The first-order chi connectivity index (χ1) is 15.5. The number of nitrogens with one attached hydrogen (secondary N) is 2. The first-order valence-electron chi connectivity index (χ1n) is 11.7. The molecule has 5 nitrogen and oxygen atoms in total. The van der Waals surface area contributed by atoms with Crippen LogP contribution >= 0.6 is 11.6 Å². The summed E-state index contributed by atoms with van der Waals surface area (Å²) in [6.45, 7) is 30.8. The molecule has 0 aromatic heterocycles. The molecule has 35 heavy (non-hydrogen) atoms. The molecule has 1 atom stereocenters. The van der Waals surface area contributed by atoms with Crippen molar-refractivity contribution in [2.24, 2.45) is 5.92 Å². The third-order valence-electron chi connectivity index (χ3n) is 2.26. The summed E-state index contributed by atoms with van der Waals surface area (Å²) in [7, 11) is 0. The van der Waals surface area contributed by atoms with Gasteiger partial charge in [-0.25, -0.2) is 0 Å². The molecule has 0 aromatic rings. The Morgan fingerprint density at radius 2 is 1.26 bits per heavy atom. The number of rotatable bonds is 5. The van der Waals surface area contributed by atoms with Crippen LogP contribution in [0.2, 0.25) is 0 Å². The molecule has 0 bridgehead atoms. The summed E-state index contributed by atoms with van der Waals surface area (Å²) in [5, 5.41) is 13.7. The average molecular weight is 745 g/mol. The van der Waals surface area contributed by atoms with Crippen molar-refractivity contribution in [3.63, 3.8) is 0 Å². The number of ketones is 1. The van der Waals surface area contributed by atoms with Gasteiger partial charge in [0.15, 0.2) is 5.78 Å². The van der Waals surface area contributed by atoms with E-state index < -0.39 is 0 Å². The van der Waals surface area contributed by atoms with Crippen LogP contribution in [0.5, 0.6) is 0 Å². The van der Waals surface area contributed by atoms with E-state index in [1.165, 1.54) is 26.1 Å². The molecule has 0 aliphatic rings. The van der Waals surface area contributed by atoms with Crippen LogP contribution in [-0.4, -0.2) is 41.6 Å². The van der Waals surface area contributed by atoms with Gasteiger partial charge in [0.25, 0.3) is 0 Å². The van der Waals surface area contributed by atoms with E-state index in [2.05, 4.69) is 47.5 Å². The van der Waals surface area contributed by atoms with Gasteiger partial charge in [0, 0.05) is 11.4 Å². The maximum Gasteiger partial charge on any atom is 2.00 e. The number of alkyl halides is 1. The molecule has 0 rings (SSSR count). The Kier molecular flexibility index (Phi) is 92.7. The van der Waals surface area contributed by atoms with Gasteiger partial charge in [-0.15, -0.1) is 24.4 Å². The van der Waals surface area contributed by atoms with Gasteiger partial charge >= 0.3 is 31.1 Å². The quantitative estimate of drug-likeness (QED) is 0.128. The van der Waals surface area contributed by atoms with Crippen molar-refractivity contribution in [3.05, 3.63) is 5.92 Å². The van der Waals surface area contributed by atoms with Gasteiger partial charge in [-0.05, 0) is 53.9 Å². The topological polar surface area (TPSA) is 91.1 Å². The normalized spacial score (nSPS) is 8.57. The molecule has 7 heteroatoms. The Labute approximate surface area is 250 Å². The van der Waals surface area contributed by atoms with E-state index in [1.54, 1.807) is 6.92 Å². The van der Waals surface area contributed by atoms with Crippen molar-refractivity contribution in [1.82, 2.24) is 0 Å². The molecule has 0 saturated heterocycles. The summed E-state index contributed by atoms with van der Waals surface area (Å²) >= 11 is 5.11. The number of carbonyl (C=O) groups excluding carboxylic acids is 2. The predicted molar refractivity (Wildman–Crippen MR) is 158 cm³/mol. The first kappa shape index (κ1) is 59.6. The molecule has 210 valence electrons. The Morgan fingerprint density at radius 3 is 1.29 bits per heavy atom. The molecule has 0 saturated carbocycles. The number of Topliss-reactive ketones (excluding diaryl/α,β-unsaturated/α-hetero) is 1. The molecule has 2 N–H and O–H groups in total. The molecule has 0 aromatic carbocycles. The number of hydrogen-bond donors (Lipinski definition) is 2. The predicted octanol–water partition coefficient (Wildman–Crippen LogP) is 8.77. The molecule has 0 fully saturated rings. The zero-order valence-electron chi connectivity index (χ0n) is 26.0. The van der Waals surface area contributed by atoms with Gasteiger partial charge in [-0.1, -0.05) is 41.5 Å². The van der Waals surface area contributed by atoms with Crippen LogP contribution < -0.4 is 0 Å². The zero-order chi connectivity index (χ0) is 29.9. The average Bonchev–Trinajstić information content (AvgIpc) is 2.76. The van der Waals surface area contributed by atoms with Crippen molar-refractivity contribution in [2.45, 2.75) is 123 Å². The number of hydrogen-bond acceptors (Lipinski definition) is 5. The van der Waals surface area contributed by atoms with Gasteiger partial charge in [0.05, 0.1) is 11.5 Å². The fourth-order valence-corrected chi connectivity index (χ4v) is 0.624. The summed E-state index contributed by atoms with van der Waals surface area (Å²) in [5.74, 6) is 2.34. The van der Waals surface area contributed by atoms with Crippen LogP contribution in [-0.2, 0) is 14.3 Å². The molecule has 0 aliphatic carbocycles. The monoisotopic (exact) mass is 744 g/mol. The largest absolute Gasteiger partial charge is 2.00 e. The third kappa shape index (κ3) is 182. The van der Waals surface area contributed by atoms with Crippen LogP contribution in [0, 0.1) is 66.6 Å². The van der Waals surface area contributed by atoms with Gasteiger partial charge in [0.1, 0.15) is 6.61 Å². The SMILES string of the molecule is C#C.CC.CC.CC(=N)CCl.CC(=O)COC(C)(C)C.CCC(C)C(C)=N.C[C-](C)C.C[C-]=O.[U+2]. The van der Waals surface area contributed by atoms with E-state index in [1.807, 2.05) is 55.4 Å². The second-order valence-corrected chi connectivity index (χ2v) is 7.98. The Morgan fingerprint density at radius 1 is 1.03 bits per heavy atom. The summed E-state index contributed by atoms with van der Waals surface area (Å²) in [5.41, 5.74) is 1.13. The molecular weight excluding hydrogens is 686 g/mol. The van der Waals surface area contributed by atoms with Gasteiger partial charge < -0.3 is 26.3 Å². The van der Waals surface area contributed by atoms with E-state index in [-0.39, 0.29) is 49.1 Å². The molecule has 0 spiro atoms. The number of terminal acetylenes is 1. The number of halogens is 1. The van der Waals surface area contributed by atoms with Crippen molar-refractivity contribution >= 4 is 35.1 Å². The second-order valence-electron chi connectivity index (χ2n) is 7.71. The molecular formula is C28H59ClN2O3U. The zero-order valence-corrected chi connectivity index (χ0v) is 30.9. The minimum Gasteiger partial charge on any atom is -0.542 e. The maximum absolute atomic E-state index is 10.4. The Bertz CT molecular complexity index is 431. The van der Waals surface area contributed by atoms with Crippen LogP contribution in [0.3, 0.4) is 0 Å². The fraction of sp³-hybridized carbons (Fsp3) is 0.750. The maximum atomic E-state index is 10.4. The van der Waals surface area contributed by atoms with Gasteiger partial charge in [-0.3, -0.25) is 11.1 Å². The standard InChI is InChI=1S/C7H14O2.C6H13N.C4H9.C3H6ClN.C2H3O.2C2H6.C2H2.U/c1-6(8)5-9-7(2,3)4;1-4-5(2)6(3)7;1-4(2)3;1-3(5)2-4;1-2-3;3*1-2;/h5H2,1-4H3;5,7H,4H2,1-3H3;1-3H3;5H,2H2,1H3;1H3;2*1-2H3;1-2H;/q;;-1;;-1;;;;+2. The third-order valence-corrected chi connectivity index (χ3v) is 2.66. The van der Waals surface area contributed by atoms with Crippen molar-refractivity contribution in [1.29, 1.82) is 10.8 Å². The van der Waals surface area contributed by atoms with Crippen molar-refractivity contribution in [2.75, 3.05) is 12.5 Å². The van der Waals surface area contributed by atoms with Crippen LogP contribution in [0.1, 0.15) is 117 Å². The Hall–Kier alpha value is -0.458. The minimum atomic E-state index is -0.189. The van der Waals surface area contributed by atoms with Gasteiger partial charge in [-0.2, -0.15) is 27.7 Å². The summed E-state index contributed by atoms with van der Waals surface area (Å²) < 4.78 is 5.14. The van der Waals surface area contributed by atoms with E-state index in [4.69, 9.17) is 32.0 Å². The van der Waals surface area contributed by atoms with E-state index >= 15 is 0 Å². The van der Waals surface area contributed by atoms with Crippen molar-refractivity contribution in [3.8, 4) is 12.8 Å². The minimum absolute atomic E-state index is 0. The fourth-order valence-electron chi connectivity index (χ4n) is 0.624. The summed E-state index contributed by atoms with van der Waals surface area (Å²) in [6.07, 6.45) is 10.6.